The van der Waals surface area contributed by atoms with Gasteiger partial charge in [-0.1, -0.05) is 42.2 Å². The molecule has 1 rings (SSSR count). The van der Waals surface area contributed by atoms with Crippen LogP contribution in [0.3, 0.4) is 0 Å². The summed E-state index contributed by atoms with van der Waals surface area (Å²) in [7, 11) is 0. The van der Waals surface area contributed by atoms with Crippen LogP contribution in [0.4, 0.5) is 0 Å². The fraction of sp³-hybridized carbons (Fsp3) is 0.364. The van der Waals surface area contributed by atoms with Crippen molar-refractivity contribution in [3.63, 3.8) is 0 Å². The zero-order chi connectivity index (χ0) is 12.1. The number of hydrogen-bond acceptors (Lipinski definition) is 3. The topological polar surface area (TPSA) is 41.8 Å². The molecule has 0 saturated heterocycles. The van der Waals surface area contributed by atoms with Crippen molar-refractivity contribution in [2.45, 2.75) is 13.8 Å². The highest BCUT2D eigenvalue weighted by Gasteiger charge is 2.10. The molecule has 0 bridgehead atoms. The number of benzene rings is 1. The minimum atomic E-state index is 0.380. The SMILES string of the molecule is CC(C)COc1c(Cl)cc(Cl)cc1/C=N\O. The third-order valence-corrected chi connectivity index (χ3v) is 2.29. The molecule has 1 N–H and O–H groups in total. The lowest BCUT2D eigenvalue weighted by molar-refractivity contribution is 0.270. The first-order valence-corrected chi connectivity index (χ1v) is 5.59. The molecule has 88 valence electrons. The highest BCUT2D eigenvalue weighted by molar-refractivity contribution is 6.36. The molecule has 0 heterocycles. The number of halogens is 2. The molecule has 0 amide bonds. The molecule has 0 aliphatic heterocycles. The second-order valence-electron chi connectivity index (χ2n) is 3.76. The van der Waals surface area contributed by atoms with Gasteiger partial charge in [0.05, 0.1) is 17.8 Å². The summed E-state index contributed by atoms with van der Waals surface area (Å²) in [5, 5.41) is 12.4. The minimum absolute atomic E-state index is 0.380. The van der Waals surface area contributed by atoms with Crippen molar-refractivity contribution in [3.05, 3.63) is 27.7 Å². The maximum atomic E-state index is 8.53. The molecule has 1 aromatic carbocycles. The lowest BCUT2D eigenvalue weighted by atomic mass is 10.2. The molecule has 0 aliphatic carbocycles. The number of ether oxygens (including phenoxy) is 1. The summed E-state index contributed by atoms with van der Waals surface area (Å²) >= 11 is 11.8. The van der Waals surface area contributed by atoms with Crippen LogP contribution in [0, 0.1) is 5.92 Å². The van der Waals surface area contributed by atoms with Gasteiger partial charge in [-0.15, -0.1) is 0 Å². The quantitative estimate of drug-likeness (QED) is 0.509. The average Bonchev–Trinajstić information content (AvgIpc) is 2.16. The smallest absolute Gasteiger partial charge is 0.146 e. The third-order valence-electron chi connectivity index (χ3n) is 1.79. The van der Waals surface area contributed by atoms with Crippen LogP contribution < -0.4 is 4.74 Å². The van der Waals surface area contributed by atoms with Crippen molar-refractivity contribution in [2.24, 2.45) is 11.1 Å². The van der Waals surface area contributed by atoms with E-state index in [0.717, 1.165) is 0 Å². The van der Waals surface area contributed by atoms with Crippen molar-refractivity contribution >= 4 is 29.4 Å². The van der Waals surface area contributed by atoms with E-state index in [1.54, 1.807) is 12.1 Å². The highest BCUT2D eigenvalue weighted by atomic mass is 35.5. The van der Waals surface area contributed by atoms with Crippen LogP contribution in [0.2, 0.25) is 10.0 Å². The number of hydrogen-bond donors (Lipinski definition) is 1. The Labute approximate surface area is 105 Å². The summed E-state index contributed by atoms with van der Waals surface area (Å²) in [4.78, 5) is 0. The van der Waals surface area contributed by atoms with Gasteiger partial charge in [-0.25, -0.2) is 0 Å². The van der Waals surface area contributed by atoms with Crippen LogP contribution in [-0.2, 0) is 0 Å². The van der Waals surface area contributed by atoms with Crippen molar-refractivity contribution in [1.82, 2.24) is 0 Å². The van der Waals surface area contributed by atoms with Crippen LogP contribution >= 0.6 is 23.2 Å². The zero-order valence-electron chi connectivity index (χ0n) is 9.08. The molecule has 0 spiro atoms. The monoisotopic (exact) mass is 261 g/mol. The second kappa shape index (κ2) is 5.97. The molecule has 0 aliphatic rings. The van der Waals surface area contributed by atoms with E-state index in [2.05, 4.69) is 5.16 Å². The van der Waals surface area contributed by atoms with Gasteiger partial charge in [-0.2, -0.15) is 0 Å². The highest BCUT2D eigenvalue weighted by Crippen LogP contribution is 2.31. The Morgan fingerprint density at radius 2 is 2.12 bits per heavy atom. The van der Waals surface area contributed by atoms with Crippen molar-refractivity contribution in [2.75, 3.05) is 6.61 Å². The molecule has 1 aromatic rings. The maximum absolute atomic E-state index is 8.53. The Kier molecular flexibility index (Phi) is 4.90. The van der Waals surface area contributed by atoms with E-state index in [-0.39, 0.29) is 0 Å². The first-order chi connectivity index (χ1) is 7.54. The Morgan fingerprint density at radius 1 is 1.44 bits per heavy atom. The van der Waals surface area contributed by atoms with Gasteiger partial charge < -0.3 is 9.94 Å². The largest absolute Gasteiger partial charge is 0.491 e. The molecule has 0 radical (unpaired) electrons. The minimum Gasteiger partial charge on any atom is -0.491 e. The van der Waals surface area contributed by atoms with Gasteiger partial charge in [0, 0.05) is 10.6 Å². The molecule has 0 saturated carbocycles. The van der Waals surface area contributed by atoms with Gasteiger partial charge >= 0.3 is 0 Å². The van der Waals surface area contributed by atoms with E-state index in [4.69, 9.17) is 33.1 Å². The molecule has 3 nitrogen and oxygen atoms in total. The first-order valence-electron chi connectivity index (χ1n) is 4.84. The molecule has 0 atom stereocenters. The lowest BCUT2D eigenvalue weighted by Gasteiger charge is -2.12. The third kappa shape index (κ3) is 3.58. The van der Waals surface area contributed by atoms with Gasteiger partial charge in [-0.05, 0) is 18.1 Å². The van der Waals surface area contributed by atoms with E-state index in [9.17, 15) is 0 Å². The Bertz CT molecular complexity index is 392. The Balaban J connectivity index is 3.03. The number of oxime groups is 1. The lowest BCUT2D eigenvalue weighted by Crippen LogP contribution is -2.06. The van der Waals surface area contributed by atoms with Crippen LogP contribution in [0.1, 0.15) is 19.4 Å². The van der Waals surface area contributed by atoms with Crippen molar-refractivity contribution in [3.8, 4) is 5.75 Å². The molecule has 5 heteroatoms. The van der Waals surface area contributed by atoms with Crippen LogP contribution in [0.25, 0.3) is 0 Å². The maximum Gasteiger partial charge on any atom is 0.146 e. The molecular weight excluding hydrogens is 249 g/mol. The zero-order valence-corrected chi connectivity index (χ0v) is 10.6. The van der Waals surface area contributed by atoms with E-state index >= 15 is 0 Å². The second-order valence-corrected chi connectivity index (χ2v) is 4.60. The van der Waals surface area contributed by atoms with Gasteiger partial charge in [-0.3, -0.25) is 0 Å². The molecule has 0 unspecified atom stereocenters. The van der Waals surface area contributed by atoms with Gasteiger partial charge in [0.15, 0.2) is 0 Å². The summed E-state index contributed by atoms with van der Waals surface area (Å²) in [5.41, 5.74) is 0.556. The summed E-state index contributed by atoms with van der Waals surface area (Å²) < 4.78 is 5.54. The van der Waals surface area contributed by atoms with E-state index < -0.39 is 0 Å². The number of nitrogens with zero attached hydrogens (tertiary/aromatic N) is 1. The molecule has 16 heavy (non-hydrogen) atoms. The predicted octanol–water partition coefficient (Wildman–Crippen LogP) is 3.84. The Morgan fingerprint density at radius 3 is 2.69 bits per heavy atom. The van der Waals surface area contributed by atoms with Crippen LogP contribution in [0.15, 0.2) is 17.3 Å². The van der Waals surface area contributed by atoms with Crippen molar-refractivity contribution < 1.29 is 9.94 Å². The molecule has 0 aromatic heterocycles. The summed E-state index contributed by atoms with van der Waals surface area (Å²) in [6, 6.07) is 3.22. The molecule has 0 fully saturated rings. The predicted molar refractivity (Wildman–Crippen MR) is 66.2 cm³/mol. The molecular formula is C11H13Cl2NO2. The normalized spacial score (nSPS) is 11.3. The summed E-state index contributed by atoms with van der Waals surface area (Å²) in [6.45, 7) is 4.60. The van der Waals surface area contributed by atoms with Crippen LogP contribution in [-0.4, -0.2) is 18.0 Å². The van der Waals surface area contributed by atoms with Crippen molar-refractivity contribution in [1.29, 1.82) is 0 Å². The number of rotatable bonds is 4. The average molecular weight is 262 g/mol. The van der Waals surface area contributed by atoms with Gasteiger partial charge in [0.1, 0.15) is 5.75 Å². The van der Waals surface area contributed by atoms with E-state index in [1.165, 1.54) is 6.21 Å². The fourth-order valence-corrected chi connectivity index (χ4v) is 1.70. The standard InChI is InChI=1S/C11H13Cl2NO2/c1-7(2)6-16-11-8(5-14-15)3-9(12)4-10(11)13/h3-5,7,15H,6H2,1-2H3/b14-5-. The van der Waals surface area contributed by atoms with Gasteiger partial charge in [0.2, 0.25) is 0 Å². The van der Waals surface area contributed by atoms with E-state index in [0.29, 0.717) is 33.9 Å². The fourth-order valence-electron chi connectivity index (χ4n) is 1.14. The van der Waals surface area contributed by atoms with E-state index in [1.807, 2.05) is 13.8 Å². The Hall–Kier alpha value is -0.930. The van der Waals surface area contributed by atoms with Gasteiger partial charge in [0.25, 0.3) is 0 Å². The first kappa shape index (κ1) is 13.1. The van der Waals surface area contributed by atoms with Crippen LogP contribution in [0.5, 0.6) is 5.75 Å². The summed E-state index contributed by atoms with van der Waals surface area (Å²) in [6.07, 6.45) is 1.24. The summed E-state index contributed by atoms with van der Waals surface area (Å²) in [5.74, 6) is 0.864.